The van der Waals surface area contributed by atoms with Crippen LogP contribution in [0.2, 0.25) is 0 Å². The Kier molecular flexibility index (Phi) is 4.74. The van der Waals surface area contributed by atoms with Gasteiger partial charge in [-0.05, 0) is 18.8 Å². The molecule has 0 radical (unpaired) electrons. The van der Waals surface area contributed by atoms with Gasteiger partial charge in [-0.15, -0.1) is 0 Å². The van der Waals surface area contributed by atoms with E-state index in [2.05, 4.69) is 0 Å². The Bertz CT molecular complexity index is 310. The number of likely N-dealkylation sites (tertiary alicyclic amines) is 1. The first-order valence-electron chi connectivity index (χ1n) is 6.50. The lowest BCUT2D eigenvalue weighted by atomic mass is 9.94. The van der Waals surface area contributed by atoms with Gasteiger partial charge in [-0.3, -0.25) is 4.79 Å². The first-order valence-corrected chi connectivity index (χ1v) is 7.65. The molecule has 0 saturated carbocycles. The number of aliphatic carboxylic acids is 1. The van der Waals surface area contributed by atoms with E-state index in [1.807, 2.05) is 21.6 Å². The molecule has 18 heavy (non-hydrogen) atoms. The highest BCUT2D eigenvalue weighted by molar-refractivity contribution is 7.99. The molecular weight excluding hydrogens is 252 g/mol. The molecule has 1 N–H and O–H groups in total. The molecule has 0 unspecified atom stereocenters. The first kappa shape index (κ1) is 13.5. The smallest absolute Gasteiger partial charge is 0.320 e. The molecule has 0 spiro atoms. The zero-order valence-corrected chi connectivity index (χ0v) is 11.3. The number of carbonyl (C=O) groups excluding carboxylic acids is 1. The second kappa shape index (κ2) is 6.31. The predicted octanol–water partition coefficient (Wildman–Crippen LogP) is 1.34. The van der Waals surface area contributed by atoms with Crippen molar-refractivity contribution in [2.75, 3.05) is 37.7 Å². The molecule has 102 valence electrons. The fourth-order valence-corrected chi connectivity index (χ4v) is 3.43. The Morgan fingerprint density at radius 1 is 1.06 bits per heavy atom. The third-order valence-electron chi connectivity index (χ3n) is 3.63. The maximum Gasteiger partial charge on any atom is 0.320 e. The number of carbonyl (C=O) groups is 2. The summed E-state index contributed by atoms with van der Waals surface area (Å²) in [7, 11) is 0. The summed E-state index contributed by atoms with van der Waals surface area (Å²) in [6.45, 7) is 3.11. The van der Waals surface area contributed by atoms with Gasteiger partial charge in [0, 0.05) is 44.1 Å². The highest BCUT2D eigenvalue weighted by atomic mass is 32.2. The molecule has 0 aromatic carbocycles. The fourth-order valence-electron chi connectivity index (χ4n) is 2.53. The minimum absolute atomic E-state index is 0.143. The van der Waals surface area contributed by atoms with Gasteiger partial charge in [0.05, 0.1) is 0 Å². The van der Waals surface area contributed by atoms with Crippen molar-refractivity contribution in [2.45, 2.75) is 19.3 Å². The molecule has 0 aromatic rings. The molecule has 6 heteroatoms. The number of carboxylic acids is 1. The summed E-state index contributed by atoms with van der Waals surface area (Å²) in [5, 5.41) is 8.75. The molecule has 2 heterocycles. The number of amides is 2. The van der Waals surface area contributed by atoms with Crippen LogP contribution in [-0.2, 0) is 4.79 Å². The van der Waals surface area contributed by atoms with Crippen LogP contribution in [0.4, 0.5) is 4.79 Å². The summed E-state index contributed by atoms with van der Waals surface area (Å²) in [4.78, 5) is 26.7. The lowest BCUT2D eigenvalue weighted by Gasteiger charge is -2.36. The van der Waals surface area contributed by atoms with Gasteiger partial charge in [-0.25, -0.2) is 4.79 Å². The first-order chi connectivity index (χ1) is 8.66. The van der Waals surface area contributed by atoms with Gasteiger partial charge in [-0.2, -0.15) is 11.8 Å². The van der Waals surface area contributed by atoms with Crippen molar-refractivity contribution in [3.63, 3.8) is 0 Å². The standard InChI is InChI=1S/C12H20N2O3S/c15-11(16)9-10-1-3-13(4-2-10)12(17)14-5-7-18-8-6-14/h10H,1-9H2,(H,15,16). The lowest BCUT2D eigenvalue weighted by molar-refractivity contribution is -0.138. The van der Waals surface area contributed by atoms with Gasteiger partial charge in [-0.1, -0.05) is 0 Å². The van der Waals surface area contributed by atoms with Crippen molar-refractivity contribution in [3.05, 3.63) is 0 Å². The number of hydrogen-bond donors (Lipinski definition) is 1. The van der Waals surface area contributed by atoms with Crippen molar-refractivity contribution in [1.82, 2.24) is 9.80 Å². The zero-order chi connectivity index (χ0) is 13.0. The normalized spacial score (nSPS) is 22.0. The largest absolute Gasteiger partial charge is 0.481 e. The van der Waals surface area contributed by atoms with E-state index in [9.17, 15) is 9.59 Å². The van der Waals surface area contributed by atoms with Crippen LogP contribution < -0.4 is 0 Å². The van der Waals surface area contributed by atoms with E-state index in [1.54, 1.807) is 0 Å². The second-order valence-electron chi connectivity index (χ2n) is 4.91. The SMILES string of the molecule is O=C(O)CC1CCN(C(=O)N2CCSCC2)CC1. The van der Waals surface area contributed by atoms with Gasteiger partial charge < -0.3 is 14.9 Å². The monoisotopic (exact) mass is 272 g/mol. The fraction of sp³-hybridized carbons (Fsp3) is 0.833. The molecule has 2 saturated heterocycles. The van der Waals surface area contributed by atoms with Crippen molar-refractivity contribution < 1.29 is 14.7 Å². The highest BCUT2D eigenvalue weighted by Gasteiger charge is 2.27. The molecule has 2 amide bonds. The molecule has 2 fully saturated rings. The minimum atomic E-state index is -0.729. The van der Waals surface area contributed by atoms with Crippen molar-refractivity contribution >= 4 is 23.8 Å². The van der Waals surface area contributed by atoms with Crippen LogP contribution in [-0.4, -0.2) is 64.6 Å². The molecule has 2 aliphatic rings. The Morgan fingerprint density at radius 2 is 1.61 bits per heavy atom. The maximum atomic E-state index is 12.2. The van der Waals surface area contributed by atoms with Crippen LogP contribution in [0.3, 0.4) is 0 Å². The Balaban J connectivity index is 1.78. The number of carboxylic acid groups (broad SMARTS) is 1. The molecule has 2 aliphatic heterocycles. The van der Waals surface area contributed by atoms with Gasteiger partial charge >= 0.3 is 12.0 Å². The summed E-state index contributed by atoms with van der Waals surface area (Å²) in [6, 6.07) is 0.143. The van der Waals surface area contributed by atoms with E-state index in [4.69, 9.17) is 5.11 Å². The molecule has 0 aromatic heterocycles. The quantitative estimate of drug-likeness (QED) is 0.824. The van der Waals surface area contributed by atoms with Gasteiger partial charge in [0.25, 0.3) is 0 Å². The Labute approximate surface area is 112 Å². The Morgan fingerprint density at radius 3 is 2.17 bits per heavy atom. The number of nitrogens with zero attached hydrogens (tertiary/aromatic N) is 2. The van der Waals surface area contributed by atoms with Gasteiger partial charge in [0.15, 0.2) is 0 Å². The maximum absolute atomic E-state index is 12.2. The van der Waals surface area contributed by atoms with Gasteiger partial charge in [0.1, 0.15) is 0 Å². The molecule has 0 aliphatic carbocycles. The van der Waals surface area contributed by atoms with E-state index in [0.717, 1.165) is 37.4 Å². The number of thioether (sulfide) groups is 1. The van der Waals surface area contributed by atoms with E-state index in [-0.39, 0.29) is 18.4 Å². The molecule has 0 atom stereocenters. The number of hydrogen-bond acceptors (Lipinski definition) is 3. The van der Waals surface area contributed by atoms with E-state index in [0.29, 0.717) is 13.1 Å². The summed E-state index contributed by atoms with van der Waals surface area (Å²) in [5.74, 6) is 1.57. The average molecular weight is 272 g/mol. The number of piperidine rings is 1. The van der Waals surface area contributed by atoms with Crippen molar-refractivity contribution in [2.24, 2.45) is 5.92 Å². The van der Waals surface area contributed by atoms with Gasteiger partial charge in [0.2, 0.25) is 0 Å². The topological polar surface area (TPSA) is 60.9 Å². The van der Waals surface area contributed by atoms with Crippen LogP contribution >= 0.6 is 11.8 Å². The van der Waals surface area contributed by atoms with Crippen LogP contribution in [0.5, 0.6) is 0 Å². The highest BCUT2D eigenvalue weighted by Crippen LogP contribution is 2.22. The minimum Gasteiger partial charge on any atom is -0.481 e. The van der Waals surface area contributed by atoms with E-state index < -0.39 is 5.97 Å². The lowest BCUT2D eigenvalue weighted by Crippen LogP contribution is -2.49. The molecule has 0 bridgehead atoms. The van der Waals surface area contributed by atoms with E-state index >= 15 is 0 Å². The number of urea groups is 1. The third-order valence-corrected chi connectivity index (χ3v) is 4.57. The third kappa shape index (κ3) is 3.54. The number of rotatable bonds is 2. The van der Waals surface area contributed by atoms with Crippen LogP contribution in [0.25, 0.3) is 0 Å². The zero-order valence-electron chi connectivity index (χ0n) is 10.5. The summed E-state index contributed by atoms with van der Waals surface area (Å²) >= 11 is 1.89. The average Bonchev–Trinajstić information content (AvgIpc) is 2.39. The summed E-state index contributed by atoms with van der Waals surface area (Å²) in [5.41, 5.74) is 0. The van der Waals surface area contributed by atoms with Crippen molar-refractivity contribution in [1.29, 1.82) is 0 Å². The second-order valence-corrected chi connectivity index (χ2v) is 6.14. The van der Waals surface area contributed by atoms with Crippen LogP contribution in [0.15, 0.2) is 0 Å². The Hall–Kier alpha value is -0.910. The summed E-state index contributed by atoms with van der Waals surface area (Å²) < 4.78 is 0. The van der Waals surface area contributed by atoms with Crippen molar-refractivity contribution in [3.8, 4) is 0 Å². The molecular formula is C12H20N2O3S. The van der Waals surface area contributed by atoms with Crippen LogP contribution in [0.1, 0.15) is 19.3 Å². The molecule has 2 rings (SSSR count). The van der Waals surface area contributed by atoms with Crippen LogP contribution in [0, 0.1) is 5.92 Å². The molecule has 5 nitrogen and oxygen atoms in total. The van der Waals surface area contributed by atoms with E-state index in [1.165, 1.54) is 0 Å². The predicted molar refractivity (Wildman–Crippen MR) is 70.8 cm³/mol. The summed E-state index contributed by atoms with van der Waals surface area (Å²) in [6.07, 6.45) is 1.88.